The van der Waals surface area contributed by atoms with Gasteiger partial charge in [0.15, 0.2) is 11.6 Å². The Morgan fingerprint density at radius 1 is 1.15 bits per heavy atom. The molecule has 2 heterocycles. The van der Waals surface area contributed by atoms with Gasteiger partial charge in [-0.05, 0) is 32.9 Å². The van der Waals surface area contributed by atoms with Gasteiger partial charge in [-0.25, -0.2) is 19.5 Å². The molecule has 1 aromatic carbocycles. The third-order valence-electron chi connectivity index (χ3n) is 3.54. The third-order valence-corrected chi connectivity index (χ3v) is 4.07. The third kappa shape index (κ3) is 3.83. The molecule has 0 saturated heterocycles. The zero-order valence-corrected chi connectivity index (χ0v) is 17.3. The zero-order chi connectivity index (χ0) is 19.3. The van der Waals surface area contributed by atoms with Gasteiger partial charge in [-0.3, -0.25) is 0 Å². The van der Waals surface area contributed by atoms with Gasteiger partial charge < -0.3 is 0 Å². The minimum absolute atomic E-state index is 0.601. The summed E-state index contributed by atoms with van der Waals surface area (Å²) in [5.74, 6) is 2.05. The molecule has 26 heavy (non-hydrogen) atoms. The number of aryl methyl sites for hydroxylation is 2. The Balaban J connectivity index is 0.00000117. The van der Waals surface area contributed by atoms with Crippen molar-refractivity contribution >= 4 is 33.5 Å². The van der Waals surface area contributed by atoms with E-state index >= 15 is 0 Å². The summed E-state index contributed by atoms with van der Waals surface area (Å²) in [6.07, 6.45) is 3.31. The van der Waals surface area contributed by atoms with E-state index in [0.717, 1.165) is 27.1 Å². The first kappa shape index (κ1) is 19.8. The van der Waals surface area contributed by atoms with E-state index in [1.807, 2.05) is 58.9 Å². The predicted molar refractivity (Wildman–Crippen MR) is 112 cm³/mol. The van der Waals surface area contributed by atoms with Gasteiger partial charge in [-0.2, -0.15) is 5.10 Å². The fraction of sp³-hybridized carbons (Fsp3) is 0.263. The average Bonchev–Trinajstić information content (AvgIpc) is 2.95. The topological polar surface area (TPSA) is 58.7 Å². The fourth-order valence-corrected chi connectivity index (χ4v) is 2.77. The number of imidazole rings is 1. The van der Waals surface area contributed by atoms with Crippen molar-refractivity contribution in [1.29, 1.82) is 0 Å². The molecule has 136 valence electrons. The van der Waals surface area contributed by atoms with E-state index in [1.165, 1.54) is 0 Å². The summed E-state index contributed by atoms with van der Waals surface area (Å²) in [5, 5.41) is 10.6. The summed E-state index contributed by atoms with van der Waals surface area (Å²) in [6, 6.07) is 7.86. The minimum atomic E-state index is 0.601. The van der Waals surface area contributed by atoms with Gasteiger partial charge in [-0.1, -0.05) is 48.5 Å². The molecule has 0 amide bonds. The van der Waals surface area contributed by atoms with Crippen LogP contribution in [0.2, 0.25) is 0 Å². The standard InChI is InChI=1S/C17H17BrN6.C2H6/c1-5-19-23(6-2)17-15-11(3)20-12(4)24(15)22-16(21-17)13-7-9-14(18)10-8-13;1-2/h5-10H,2H2,1,3-4H3;1-2H3/b19-5-;. The highest BCUT2D eigenvalue weighted by Gasteiger charge is 2.18. The molecule has 0 aliphatic heterocycles. The van der Waals surface area contributed by atoms with E-state index in [1.54, 1.807) is 21.9 Å². The van der Waals surface area contributed by atoms with Gasteiger partial charge in [0.1, 0.15) is 11.3 Å². The Labute approximate surface area is 162 Å². The van der Waals surface area contributed by atoms with Crippen LogP contribution in [-0.2, 0) is 0 Å². The summed E-state index contributed by atoms with van der Waals surface area (Å²) in [6.45, 7) is 13.5. The van der Waals surface area contributed by atoms with Crippen LogP contribution in [0.25, 0.3) is 16.9 Å². The van der Waals surface area contributed by atoms with Crippen molar-refractivity contribution in [1.82, 2.24) is 19.6 Å². The van der Waals surface area contributed by atoms with Crippen molar-refractivity contribution in [3.63, 3.8) is 0 Å². The molecule has 0 fully saturated rings. The van der Waals surface area contributed by atoms with Crippen molar-refractivity contribution in [3.05, 3.63) is 53.0 Å². The number of rotatable bonds is 4. The average molecular weight is 415 g/mol. The SMILES string of the molecule is C=CN(/N=C\C)c1nc(-c2ccc(Br)cc2)nn2c(C)nc(C)c12.CC. The normalized spacial score (nSPS) is 10.7. The molecule has 3 rings (SSSR count). The number of benzene rings is 1. The highest BCUT2D eigenvalue weighted by molar-refractivity contribution is 9.10. The molecule has 0 aliphatic carbocycles. The number of hydrogen-bond donors (Lipinski definition) is 0. The molecular formula is C19H23BrN6. The summed E-state index contributed by atoms with van der Waals surface area (Å²) >= 11 is 3.45. The van der Waals surface area contributed by atoms with Crippen LogP contribution in [-0.4, -0.2) is 25.8 Å². The van der Waals surface area contributed by atoms with Gasteiger partial charge in [0.25, 0.3) is 0 Å². The largest absolute Gasteiger partial charge is 0.236 e. The molecule has 0 spiro atoms. The second kappa shape index (κ2) is 8.71. The van der Waals surface area contributed by atoms with Crippen LogP contribution in [0.3, 0.4) is 0 Å². The summed E-state index contributed by atoms with van der Waals surface area (Å²) in [4.78, 5) is 9.24. The zero-order valence-electron chi connectivity index (χ0n) is 15.7. The van der Waals surface area contributed by atoms with Crippen molar-refractivity contribution < 1.29 is 0 Å². The van der Waals surface area contributed by atoms with Crippen LogP contribution in [0.5, 0.6) is 0 Å². The first-order chi connectivity index (χ1) is 12.5. The van der Waals surface area contributed by atoms with Crippen LogP contribution < -0.4 is 5.01 Å². The lowest BCUT2D eigenvalue weighted by atomic mass is 10.2. The molecule has 0 unspecified atom stereocenters. The first-order valence-corrected chi connectivity index (χ1v) is 9.24. The maximum Gasteiger partial charge on any atom is 0.183 e. The second-order valence-electron chi connectivity index (χ2n) is 5.17. The number of fused-ring (bicyclic) bond motifs is 1. The Kier molecular flexibility index (Phi) is 6.63. The summed E-state index contributed by atoms with van der Waals surface area (Å²) < 4.78 is 2.81. The predicted octanol–water partition coefficient (Wildman–Crippen LogP) is 5.15. The van der Waals surface area contributed by atoms with Gasteiger partial charge in [0.05, 0.1) is 5.69 Å². The van der Waals surface area contributed by atoms with Gasteiger partial charge in [-0.15, -0.1) is 5.10 Å². The fourth-order valence-electron chi connectivity index (χ4n) is 2.50. The lowest BCUT2D eigenvalue weighted by molar-refractivity contribution is 0.850. The van der Waals surface area contributed by atoms with Gasteiger partial charge in [0, 0.05) is 22.5 Å². The Hall–Kier alpha value is -2.54. The molecule has 0 aliphatic rings. The molecule has 0 bridgehead atoms. The second-order valence-corrected chi connectivity index (χ2v) is 6.09. The maximum absolute atomic E-state index is 4.72. The van der Waals surface area contributed by atoms with Crippen LogP contribution >= 0.6 is 15.9 Å². The molecule has 0 atom stereocenters. The van der Waals surface area contributed by atoms with Crippen molar-refractivity contribution in [2.24, 2.45) is 5.10 Å². The number of hydrazone groups is 1. The van der Waals surface area contributed by atoms with Crippen LogP contribution in [0.4, 0.5) is 5.82 Å². The quantitative estimate of drug-likeness (QED) is 0.437. The Morgan fingerprint density at radius 3 is 2.38 bits per heavy atom. The molecule has 0 saturated carbocycles. The summed E-state index contributed by atoms with van der Waals surface area (Å²) in [5.41, 5.74) is 2.58. The van der Waals surface area contributed by atoms with E-state index in [4.69, 9.17) is 4.98 Å². The number of halogens is 1. The Bertz CT molecular complexity index is 927. The van der Waals surface area contributed by atoms with E-state index in [0.29, 0.717) is 11.6 Å². The van der Waals surface area contributed by atoms with Crippen LogP contribution in [0.1, 0.15) is 32.3 Å². The molecular weight excluding hydrogens is 392 g/mol. The molecule has 2 aromatic heterocycles. The van der Waals surface area contributed by atoms with Gasteiger partial charge >= 0.3 is 0 Å². The molecule has 7 heteroatoms. The van der Waals surface area contributed by atoms with Crippen LogP contribution in [0, 0.1) is 13.8 Å². The number of hydrogen-bond acceptors (Lipinski definition) is 5. The Morgan fingerprint density at radius 2 is 1.81 bits per heavy atom. The molecule has 0 radical (unpaired) electrons. The lowest BCUT2D eigenvalue weighted by Crippen LogP contribution is -2.13. The monoisotopic (exact) mass is 414 g/mol. The highest BCUT2D eigenvalue weighted by atomic mass is 79.9. The minimum Gasteiger partial charge on any atom is -0.236 e. The van der Waals surface area contributed by atoms with Crippen LogP contribution in [0.15, 0.2) is 46.6 Å². The summed E-state index contributed by atoms with van der Waals surface area (Å²) in [7, 11) is 0. The molecule has 6 nitrogen and oxygen atoms in total. The highest BCUT2D eigenvalue weighted by Crippen LogP contribution is 2.27. The number of nitrogens with zero attached hydrogens (tertiary/aromatic N) is 6. The molecule has 0 N–H and O–H groups in total. The van der Waals surface area contributed by atoms with E-state index in [9.17, 15) is 0 Å². The number of aromatic nitrogens is 4. The number of anilines is 1. The van der Waals surface area contributed by atoms with E-state index in [2.05, 4.69) is 37.7 Å². The van der Waals surface area contributed by atoms with E-state index < -0.39 is 0 Å². The lowest BCUT2D eigenvalue weighted by Gasteiger charge is -2.15. The maximum atomic E-state index is 4.72. The first-order valence-electron chi connectivity index (χ1n) is 8.45. The van der Waals surface area contributed by atoms with E-state index in [-0.39, 0.29) is 0 Å². The smallest absolute Gasteiger partial charge is 0.183 e. The van der Waals surface area contributed by atoms with Gasteiger partial charge in [0.2, 0.25) is 0 Å². The van der Waals surface area contributed by atoms with Crippen molar-refractivity contribution in [2.45, 2.75) is 34.6 Å². The van der Waals surface area contributed by atoms with Crippen molar-refractivity contribution in [3.8, 4) is 11.4 Å². The molecule has 3 aromatic rings. The van der Waals surface area contributed by atoms with Crippen molar-refractivity contribution in [2.75, 3.05) is 5.01 Å².